The van der Waals surface area contributed by atoms with Gasteiger partial charge in [0.2, 0.25) is 0 Å². The number of hydrogen-bond donors (Lipinski definition) is 4. The fourth-order valence-electron chi connectivity index (χ4n) is 6.24. The molecule has 15 nitrogen and oxygen atoms in total. The molecule has 57 heavy (non-hydrogen) atoms. The Morgan fingerprint density at radius 3 is 1.81 bits per heavy atom. The molecule has 5 heterocycles. The molecule has 0 unspecified atom stereocenters. The number of carbonyl (C=O) groups excluding carboxylic acids is 1. The van der Waals surface area contributed by atoms with Crippen molar-refractivity contribution in [3.8, 4) is 33.8 Å². The van der Waals surface area contributed by atoms with Crippen molar-refractivity contribution in [2.24, 2.45) is 0 Å². The van der Waals surface area contributed by atoms with Gasteiger partial charge in [0.1, 0.15) is 52.5 Å². The topological polar surface area (TPSA) is 209 Å². The Morgan fingerprint density at radius 2 is 1.35 bits per heavy atom. The largest absolute Gasteiger partial charge is 0.496 e. The third-order valence-electron chi connectivity index (χ3n) is 8.43. The fourth-order valence-corrected chi connectivity index (χ4v) is 11.7. The van der Waals surface area contributed by atoms with E-state index < -0.39 is 5.97 Å². The molecule has 0 saturated heterocycles. The van der Waals surface area contributed by atoms with Crippen molar-refractivity contribution in [3.05, 3.63) is 68.9 Å². The Balaban J connectivity index is 0.000000219. The van der Waals surface area contributed by atoms with Gasteiger partial charge in [-0.25, -0.2) is 9.78 Å². The Bertz CT molecular complexity index is 2760. The smallest absolute Gasteiger partial charge is 0.342 e. The van der Waals surface area contributed by atoms with E-state index >= 15 is 0 Å². The predicted molar refractivity (Wildman–Crippen MR) is 238 cm³/mol. The average Bonchev–Trinajstić information content (AvgIpc) is 3.91. The maximum Gasteiger partial charge on any atom is 0.342 e. The first-order valence-corrected chi connectivity index (χ1v) is 23.1. The highest BCUT2D eigenvalue weighted by atomic mass is 33.3. The van der Waals surface area contributed by atoms with Crippen LogP contribution >= 0.6 is 0 Å². The Morgan fingerprint density at radius 1 is 0.825 bits per heavy atom. The average molecular weight is 892 g/mol. The van der Waals surface area contributed by atoms with Gasteiger partial charge in [-0.1, -0.05) is 17.7 Å². The molecule has 5 N–H and O–H groups in total. The van der Waals surface area contributed by atoms with Gasteiger partial charge in [0.05, 0.1) is 48.7 Å². The monoisotopic (exact) mass is 891 g/mol. The summed E-state index contributed by atoms with van der Waals surface area (Å²) in [6.45, 7) is 9.69. The highest BCUT2D eigenvalue weighted by Gasteiger charge is 2.23. The van der Waals surface area contributed by atoms with E-state index in [2.05, 4.69) is 52.6 Å². The molecule has 21 heteroatoms. The van der Waals surface area contributed by atoms with E-state index in [4.69, 9.17) is 33.7 Å². The number of anilines is 1. The van der Waals surface area contributed by atoms with Crippen LogP contribution in [0.25, 0.3) is 55.1 Å². The third-order valence-corrected chi connectivity index (χ3v) is 15.1. The van der Waals surface area contributed by atoms with Crippen LogP contribution in [0.4, 0.5) is 5.82 Å². The number of H-pyrrole nitrogens is 3. The summed E-state index contributed by atoms with van der Waals surface area (Å²) in [7, 11) is 10.4. The molecule has 7 aromatic rings. The van der Waals surface area contributed by atoms with Gasteiger partial charge in [0.15, 0.2) is 0 Å². The Labute approximate surface area is 348 Å². The molecule has 0 aliphatic heterocycles. The molecule has 7 rings (SSSR count). The molecule has 0 spiro atoms. The quantitative estimate of drug-likeness (QED) is 0.118. The van der Waals surface area contributed by atoms with Crippen molar-refractivity contribution in [1.82, 2.24) is 30.2 Å². The second-order valence-electron chi connectivity index (χ2n) is 11.8. The summed E-state index contributed by atoms with van der Waals surface area (Å²) < 4.78 is 31.8. The number of nitrogens with two attached hydrogens (primary N) is 1. The van der Waals surface area contributed by atoms with Crippen molar-refractivity contribution >= 4 is 103 Å². The molecule has 0 aliphatic carbocycles. The van der Waals surface area contributed by atoms with Crippen LogP contribution in [0.15, 0.2) is 38.1 Å². The van der Waals surface area contributed by atoms with Crippen LogP contribution in [0.1, 0.15) is 53.4 Å². The lowest BCUT2D eigenvalue weighted by Gasteiger charge is -2.09. The maximum atomic E-state index is 12.5. The van der Waals surface area contributed by atoms with Gasteiger partial charge < -0.3 is 48.7 Å². The zero-order valence-corrected chi connectivity index (χ0v) is 36.3. The van der Waals surface area contributed by atoms with Gasteiger partial charge in [-0.15, -0.1) is 0 Å². The normalized spacial score (nSPS) is 10.5. The number of carbonyl (C=O) groups is 1. The van der Waals surface area contributed by atoms with Gasteiger partial charge >= 0.3 is 5.97 Å². The van der Waals surface area contributed by atoms with Gasteiger partial charge in [-0.05, 0) is 58.9 Å². The van der Waals surface area contributed by atoms with Crippen molar-refractivity contribution in [3.63, 3.8) is 0 Å². The molecular weight excluding hydrogens is 851 g/mol. The minimum absolute atomic E-state index is 0. The van der Waals surface area contributed by atoms with Crippen LogP contribution in [0.2, 0.25) is 0 Å². The second-order valence-corrected chi connectivity index (χ2v) is 18.9. The molecule has 0 bridgehead atoms. The standard InChI is InChI=1S/C18H18N4O4.C17H19N3O4.CH4.S6/c1-8-15(9(2)26-22-8)11-5-12-10(6-13(11)25-4)16-17(19-12)20-14(7-24-3)21-18(16)23;1-5-23-17(21)15-10-7-13(22-4)11(6-12(10)19-16(15)18)14-8(2)20-24-9(14)3;;1-3-5-6-4-2/h5-6H,7H2,1-4H3,(H2,19,20,21,23);6-7,19H,5,18H2,1-4H3;1H4;. The van der Waals surface area contributed by atoms with Crippen LogP contribution < -0.4 is 20.8 Å². The zero-order chi connectivity index (χ0) is 40.7. The molecular formula is C36H41N7O8S6. The number of methoxy groups -OCH3 is 3. The minimum atomic E-state index is -0.464. The second kappa shape index (κ2) is 20.1. The molecule has 0 fully saturated rings. The molecule has 0 amide bonds. The van der Waals surface area contributed by atoms with E-state index in [0.29, 0.717) is 56.3 Å². The molecule has 0 atom stereocenters. The lowest BCUT2D eigenvalue weighted by Crippen LogP contribution is -2.11. The molecule has 2 aromatic carbocycles. The SMILES string of the molecule is C.CCOC(=O)c1c(N)[nH]c2cc(-c3c(C)noc3C)c(OC)cc12.COCc1nc2[nH]c3cc(-c4c(C)noc4C)c(OC)cc3c2c(=O)[nH]1.S=S=S=S=S=S. The molecule has 304 valence electrons. The number of aryl methyl sites for hydroxylation is 4. The minimum Gasteiger partial charge on any atom is -0.496 e. The lowest BCUT2D eigenvalue weighted by atomic mass is 10.0. The zero-order valence-electron chi connectivity index (χ0n) is 31.4. The van der Waals surface area contributed by atoms with Crippen molar-refractivity contribution in [1.29, 1.82) is 0 Å². The summed E-state index contributed by atoms with van der Waals surface area (Å²) in [6, 6.07) is 7.41. The number of esters is 1. The van der Waals surface area contributed by atoms with E-state index in [1.54, 1.807) is 34.3 Å². The van der Waals surface area contributed by atoms with Crippen LogP contribution in [0.5, 0.6) is 11.5 Å². The number of nitrogens with one attached hydrogen (secondary N) is 3. The van der Waals surface area contributed by atoms with Gasteiger partial charge in [0, 0.05) is 97.9 Å². The lowest BCUT2D eigenvalue weighted by molar-refractivity contribution is 0.0530. The van der Waals surface area contributed by atoms with Crippen LogP contribution in [0.3, 0.4) is 0 Å². The highest BCUT2D eigenvalue weighted by molar-refractivity contribution is 8.64. The van der Waals surface area contributed by atoms with Crippen LogP contribution in [0, 0.1) is 27.7 Å². The van der Waals surface area contributed by atoms with Crippen molar-refractivity contribution in [2.45, 2.75) is 48.7 Å². The summed E-state index contributed by atoms with van der Waals surface area (Å²) in [5, 5.41) is 9.88. The highest BCUT2D eigenvalue weighted by Crippen LogP contribution is 2.40. The summed E-state index contributed by atoms with van der Waals surface area (Å²) in [5.41, 5.74) is 13.0. The summed E-state index contributed by atoms with van der Waals surface area (Å²) in [6.07, 6.45) is 0. The number of fused-ring (bicyclic) bond motifs is 4. The molecule has 0 radical (unpaired) electrons. The van der Waals surface area contributed by atoms with Gasteiger partial charge in [-0.3, -0.25) is 4.79 Å². The maximum absolute atomic E-state index is 12.5. The number of aromatic nitrogens is 6. The van der Waals surface area contributed by atoms with Gasteiger partial charge in [0.25, 0.3) is 5.56 Å². The van der Waals surface area contributed by atoms with Crippen molar-refractivity contribution < 1.29 is 32.8 Å². The number of aromatic amines is 3. The summed E-state index contributed by atoms with van der Waals surface area (Å²) in [4.78, 5) is 38.1. The number of ether oxygens (including phenoxy) is 4. The number of benzene rings is 2. The first-order chi connectivity index (χ1) is 26.9. The number of nitrogens with zero attached hydrogens (tertiary/aromatic N) is 3. The van der Waals surface area contributed by atoms with Crippen LogP contribution in [-0.4, -0.2) is 64.2 Å². The van der Waals surface area contributed by atoms with E-state index in [1.807, 2.05) is 45.9 Å². The first-order valence-electron chi connectivity index (χ1n) is 16.5. The van der Waals surface area contributed by atoms with E-state index in [-0.39, 0.29) is 32.0 Å². The molecule has 0 saturated carbocycles. The first kappa shape index (κ1) is 44.9. The van der Waals surface area contributed by atoms with E-state index in [9.17, 15) is 9.59 Å². The Hall–Kier alpha value is -4.77. The van der Waals surface area contributed by atoms with E-state index in [0.717, 1.165) is 44.5 Å². The molecule has 5 aromatic heterocycles. The third kappa shape index (κ3) is 9.52. The van der Waals surface area contributed by atoms with E-state index in [1.165, 1.54) is 35.5 Å². The summed E-state index contributed by atoms with van der Waals surface area (Å²) >= 11 is 9.03. The van der Waals surface area contributed by atoms with Crippen LogP contribution in [-0.2, 0) is 74.0 Å². The number of rotatable bonds is 8. The molecule has 0 aliphatic rings. The van der Waals surface area contributed by atoms with Gasteiger partial charge in [-0.2, -0.15) is 0 Å². The number of nitrogen functional groups attached to an aromatic ring is 1. The fraction of sp³-hybridized carbons (Fsp3) is 0.306. The predicted octanol–water partition coefficient (Wildman–Crippen LogP) is 6.66. The summed E-state index contributed by atoms with van der Waals surface area (Å²) in [5.74, 6) is 2.89. The Kier molecular flexibility index (Phi) is 15.8. The number of hydrogen-bond acceptors (Lipinski definition) is 14. The van der Waals surface area contributed by atoms with Crippen molar-refractivity contribution in [2.75, 3.05) is 33.7 Å².